The molecular weight excluding hydrogens is 677 g/mol. The molecule has 0 N–H and O–H groups in total. The minimum atomic E-state index is 1.14. The van der Waals surface area contributed by atoms with E-state index in [1.807, 2.05) is 0 Å². The molecule has 0 aliphatic carbocycles. The maximum atomic E-state index is 2.48. The first-order valence-electron chi connectivity index (χ1n) is 19.4. The SMILES string of the molecule is c1ccc(-n2c3ccccc3c3c2ccc2c4ccccc4n(-c4ccc(-c5c6ccccc6c(-c6cccc7ccccc67)c6ccccc56)cc4)c23)cc1. The lowest BCUT2D eigenvalue weighted by Crippen LogP contribution is -1.96. The van der Waals surface area contributed by atoms with Crippen LogP contribution in [0.5, 0.6) is 0 Å². The molecule has 0 saturated heterocycles. The van der Waals surface area contributed by atoms with E-state index in [2.05, 4.69) is 215 Å². The number of benzene rings is 10. The second kappa shape index (κ2) is 12.0. The molecule has 2 heterocycles. The fourth-order valence-electron chi connectivity index (χ4n) is 9.58. The average Bonchev–Trinajstić information content (AvgIpc) is 3.79. The Morgan fingerprint density at radius 3 is 1.48 bits per heavy atom. The maximum absolute atomic E-state index is 2.48. The molecule has 2 heteroatoms. The molecule has 2 aromatic heterocycles. The number of rotatable bonds is 4. The van der Waals surface area contributed by atoms with Crippen molar-refractivity contribution in [3.05, 3.63) is 206 Å². The normalized spacial score (nSPS) is 11.9. The van der Waals surface area contributed by atoms with E-state index in [0.717, 1.165) is 11.4 Å². The summed E-state index contributed by atoms with van der Waals surface area (Å²) in [5.41, 5.74) is 12.2. The molecule has 10 aromatic carbocycles. The quantitative estimate of drug-likeness (QED) is 0.161. The van der Waals surface area contributed by atoms with Gasteiger partial charge in [0.15, 0.2) is 0 Å². The van der Waals surface area contributed by atoms with Gasteiger partial charge in [-0.25, -0.2) is 0 Å². The zero-order chi connectivity index (χ0) is 36.7. The van der Waals surface area contributed by atoms with Crippen LogP contribution in [0, 0.1) is 0 Å². The van der Waals surface area contributed by atoms with Crippen LogP contribution in [0.1, 0.15) is 0 Å². The first-order chi connectivity index (χ1) is 27.8. The van der Waals surface area contributed by atoms with Crippen molar-refractivity contribution in [2.45, 2.75) is 0 Å². The Bertz CT molecular complexity index is 3450. The molecule has 0 saturated carbocycles. The van der Waals surface area contributed by atoms with Crippen LogP contribution in [0.25, 0.3) is 110 Å². The van der Waals surface area contributed by atoms with Gasteiger partial charge in [-0.2, -0.15) is 0 Å². The van der Waals surface area contributed by atoms with Gasteiger partial charge in [0.1, 0.15) is 0 Å². The molecule has 0 aliphatic heterocycles. The highest BCUT2D eigenvalue weighted by Gasteiger charge is 2.22. The highest BCUT2D eigenvalue weighted by atomic mass is 15.0. The third-order valence-corrected chi connectivity index (χ3v) is 11.9. The van der Waals surface area contributed by atoms with E-state index in [1.54, 1.807) is 0 Å². The summed E-state index contributed by atoms with van der Waals surface area (Å²) in [7, 11) is 0. The predicted octanol–water partition coefficient (Wildman–Crippen LogP) is 14.7. The first kappa shape index (κ1) is 31.0. The zero-order valence-electron chi connectivity index (χ0n) is 30.5. The molecule has 0 bridgehead atoms. The van der Waals surface area contributed by atoms with Crippen molar-refractivity contribution in [3.8, 4) is 33.6 Å². The van der Waals surface area contributed by atoms with Gasteiger partial charge in [-0.05, 0) is 97.0 Å². The monoisotopic (exact) mass is 710 g/mol. The van der Waals surface area contributed by atoms with Crippen molar-refractivity contribution in [3.63, 3.8) is 0 Å². The molecule has 0 atom stereocenters. The summed E-state index contributed by atoms with van der Waals surface area (Å²) >= 11 is 0. The lowest BCUT2D eigenvalue weighted by atomic mass is 9.85. The van der Waals surface area contributed by atoms with Crippen LogP contribution in [0.4, 0.5) is 0 Å². The highest BCUT2D eigenvalue weighted by molar-refractivity contribution is 6.27. The number of hydrogen-bond donors (Lipinski definition) is 0. The molecule has 260 valence electrons. The summed E-state index contributed by atoms with van der Waals surface area (Å²) in [5.74, 6) is 0. The van der Waals surface area contributed by atoms with E-state index in [9.17, 15) is 0 Å². The summed E-state index contributed by atoms with van der Waals surface area (Å²) in [5, 5.41) is 12.6. The molecule has 0 unspecified atom stereocenters. The van der Waals surface area contributed by atoms with Crippen LogP contribution in [-0.2, 0) is 0 Å². The Hall–Kier alpha value is -7.42. The van der Waals surface area contributed by atoms with E-state index in [0.29, 0.717) is 0 Å². The Morgan fingerprint density at radius 2 is 0.786 bits per heavy atom. The van der Waals surface area contributed by atoms with Crippen LogP contribution in [0.3, 0.4) is 0 Å². The molecule has 12 rings (SSSR count). The van der Waals surface area contributed by atoms with Crippen molar-refractivity contribution < 1.29 is 0 Å². The third-order valence-electron chi connectivity index (χ3n) is 11.9. The van der Waals surface area contributed by atoms with E-state index < -0.39 is 0 Å². The summed E-state index contributed by atoms with van der Waals surface area (Å²) in [6.07, 6.45) is 0. The van der Waals surface area contributed by atoms with Crippen LogP contribution in [0.2, 0.25) is 0 Å². The van der Waals surface area contributed by atoms with Gasteiger partial charge in [0, 0.05) is 32.9 Å². The summed E-state index contributed by atoms with van der Waals surface area (Å²) in [4.78, 5) is 0. The second-order valence-corrected chi connectivity index (χ2v) is 14.8. The summed E-state index contributed by atoms with van der Waals surface area (Å²) in [6.45, 7) is 0. The van der Waals surface area contributed by atoms with Crippen molar-refractivity contribution >= 4 is 75.9 Å². The molecule has 0 aliphatic rings. The Morgan fingerprint density at radius 1 is 0.268 bits per heavy atom. The highest BCUT2D eigenvalue weighted by Crippen LogP contribution is 2.46. The molecule has 0 amide bonds. The number of fused-ring (bicyclic) bond motifs is 10. The maximum Gasteiger partial charge on any atom is 0.0641 e. The minimum Gasteiger partial charge on any atom is -0.309 e. The molecule has 0 spiro atoms. The smallest absolute Gasteiger partial charge is 0.0641 e. The molecule has 0 radical (unpaired) electrons. The van der Waals surface area contributed by atoms with Crippen LogP contribution in [-0.4, -0.2) is 9.13 Å². The molecule has 56 heavy (non-hydrogen) atoms. The molecule has 12 aromatic rings. The van der Waals surface area contributed by atoms with E-state index in [1.165, 1.54) is 98.2 Å². The van der Waals surface area contributed by atoms with E-state index >= 15 is 0 Å². The number of aromatic nitrogens is 2. The number of para-hydroxylation sites is 3. The van der Waals surface area contributed by atoms with E-state index in [4.69, 9.17) is 0 Å². The fraction of sp³-hybridized carbons (Fsp3) is 0. The summed E-state index contributed by atoms with van der Waals surface area (Å²) in [6, 6.07) is 75.6. The van der Waals surface area contributed by atoms with Gasteiger partial charge in [-0.15, -0.1) is 0 Å². The van der Waals surface area contributed by atoms with Crippen molar-refractivity contribution in [2.24, 2.45) is 0 Å². The molecule has 2 nitrogen and oxygen atoms in total. The number of nitrogens with zero attached hydrogens (tertiary/aromatic N) is 2. The van der Waals surface area contributed by atoms with Crippen LogP contribution < -0.4 is 0 Å². The zero-order valence-corrected chi connectivity index (χ0v) is 30.5. The second-order valence-electron chi connectivity index (χ2n) is 14.8. The van der Waals surface area contributed by atoms with Gasteiger partial charge in [0.2, 0.25) is 0 Å². The Balaban J connectivity index is 1.12. The van der Waals surface area contributed by atoms with Gasteiger partial charge in [0.25, 0.3) is 0 Å². The van der Waals surface area contributed by atoms with E-state index in [-0.39, 0.29) is 0 Å². The predicted molar refractivity (Wildman–Crippen MR) is 239 cm³/mol. The largest absolute Gasteiger partial charge is 0.309 e. The van der Waals surface area contributed by atoms with Crippen LogP contribution >= 0.6 is 0 Å². The Labute approximate surface area is 323 Å². The molecule has 0 fully saturated rings. The van der Waals surface area contributed by atoms with Gasteiger partial charge in [-0.3, -0.25) is 0 Å². The third kappa shape index (κ3) is 4.38. The van der Waals surface area contributed by atoms with Gasteiger partial charge >= 0.3 is 0 Å². The topological polar surface area (TPSA) is 9.86 Å². The lowest BCUT2D eigenvalue weighted by molar-refractivity contribution is 1.17. The average molecular weight is 711 g/mol. The fourth-order valence-corrected chi connectivity index (χ4v) is 9.58. The lowest BCUT2D eigenvalue weighted by Gasteiger charge is -2.19. The number of hydrogen-bond acceptors (Lipinski definition) is 0. The van der Waals surface area contributed by atoms with Crippen LogP contribution in [0.15, 0.2) is 206 Å². The van der Waals surface area contributed by atoms with Crippen molar-refractivity contribution in [2.75, 3.05) is 0 Å². The first-order valence-corrected chi connectivity index (χ1v) is 19.4. The summed E-state index contributed by atoms with van der Waals surface area (Å²) < 4.78 is 4.89. The van der Waals surface area contributed by atoms with Gasteiger partial charge < -0.3 is 9.13 Å². The van der Waals surface area contributed by atoms with Gasteiger partial charge in [-0.1, -0.05) is 164 Å². The standard InChI is InChI=1S/C54H34N2/c1-2-17-37(18-3-1)55-49-28-13-11-25-47(49)53-50(55)34-33-46-40-20-10-12-27-48(40)56(54(46)53)38-31-29-36(30-32-38)51-42-21-6-8-23-44(42)52(45-24-9-7-22-43(45)51)41-26-14-16-35-15-4-5-19-39(35)41/h1-34H. The Kier molecular flexibility index (Phi) is 6.66. The van der Waals surface area contributed by atoms with Crippen molar-refractivity contribution in [1.29, 1.82) is 0 Å². The molecular formula is C54H34N2. The van der Waals surface area contributed by atoms with Gasteiger partial charge in [0.05, 0.1) is 22.1 Å². The minimum absolute atomic E-state index is 1.14. The van der Waals surface area contributed by atoms with Crippen molar-refractivity contribution in [1.82, 2.24) is 9.13 Å².